The van der Waals surface area contributed by atoms with E-state index in [4.69, 9.17) is 12.2 Å². The zero-order valence-corrected chi connectivity index (χ0v) is 11.9. The fourth-order valence-corrected chi connectivity index (χ4v) is 3.36. The molecular formula is C13H18N2O2S. The van der Waals surface area contributed by atoms with Gasteiger partial charge in [-0.25, -0.2) is 8.42 Å². The molecule has 0 aromatic heterocycles. The van der Waals surface area contributed by atoms with Gasteiger partial charge >= 0.3 is 0 Å². The van der Waals surface area contributed by atoms with Crippen molar-refractivity contribution in [1.82, 2.24) is 4.72 Å². The summed E-state index contributed by atoms with van der Waals surface area (Å²) in [5, 5.41) is 0. The maximum Gasteiger partial charge on any atom is 0.244 e. The second-order valence-corrected chi connectivity index (χ2v) is 6.44. The van der Waals surface area contributed by atoms with Gasteiger partial charge in [-0.3, -0.25) is 0 Å². The fraction of sp³-hybridized carbons (Fsp3) is 0.385. The van der Waals surface area contributed by atoms with Crippen LogP contribution in [0.15, 0.2) is 17.0 Å². The Morgan fingerprint density at radius 1 is 1.28 bits per heavy atom. The third-order valence-corrected chi connectivity index (χ3v) is 4.49. The molecule has 1 aromatic rings. The number of nitrogen functional groups attached to an aromatic ring is 1. The van der Waals surface area contributed by atoms with E-state index in [1.807, 2.05) is 0 Å². The molecule has 0 heterocycles. The summed E-state index contributed by atoms with van der Waals surface area (Å²) in [4.78, 5) is 0.103. The zero-order chi connectivity index (χ0) is 14.1. The number of hydrogen-bond donors (Lipinski definition) is 2. The molecule has 0 atom stereocenters. The van der Waals surface area contributed by atoms with Crippen LogP contribution in [-0.2, 0) is 10.0 Å². The van der Waals surface area contributed by atoms with Gasteiger partial charge in [0.1, 0.15) is 4.90 Å². The number of hydrogen-bond acceptors (Lipinski definition) is 3. The summed E-state index contributed by atoms with van der Waals surface area (Å²) >= 11 is 0. The molecule has 0 amide bonds. The van der Waals surface area contributed by atoms with Crippen molar-refractivity contribution in [3.8, 4) is 12.3 Å². The van der Waals surface area contributed by atoms with Gasteiger partial charge in [0.05, 0.1) is 11.2 Å². The topological polar surface area (TPSA) is 72.2 Å². The van der Waals surface area contributed by atoms with Crippen LogP contribution in [0.4, 0.5) is 5.69 Å². The molecule has 3 N–H and O–H groups in total. The van der Waals surface area contributed by atoms with Crippen LogP contribution in [0.2, 0.25) is 0 Å². The first-order valence-electron chi connectivity index (χ1n) is 5.48. The summed E-state index contributed by atoms with van der Waals surface area (Å²) in [7, 11) is -3.73. The third-order valence-electron chi connectivity index (χ3n) is 2.63. The molecule has 0 fully saturated rings. The van der Waals surface area contributed by atoms with E-state index in [-0.39, 0.29) is 10.6 Å². The van der Waals surface area contributed by atoms with Crippen LogP contribution in [0.3, 0.4) is 0 Å². The predicted molar refractivity (Wildman–Crippen MR) is 73.6 cm³/mol. The number of sulfonamides is 1. The van der Waals surface area contributed by atoms with Crippen LogP contribution in [0.25, 0.3) is 0 Å². The van der Waals surface area contributed by atoms with Crippen LogP contribution >= 0.6 is 0 Å². The van der Waals surface area contributed by atoms with Gasteiger partial charge in [-0.15, -0.1) is 6.42 Å². The monoisotopic (exact) mass is 266 g/mol. The van der Waals surface area contributed by atoms with Crippen molar-refractivity contribution in [3.63, 3.8) is 0 Å². The Kier molecular flexibility index (Phi) is 3.75. The van der Waals surface area contributed by atoms with Gasteiger partial charge < -0.3 is 5.73 Å². The molecule has 5 heteroatoms. The average Bonchev–Trinajstić information content (AvgIpc) is 2.22. The molecule has 0 saturated heterocycles. The van der Waals surface area contributed by atoms with Gasteiger partial charge in [0.25, 0.3) is 0 Å². The normalized spacial score (nSPS) is 12.2. The summed E-state index contributed by atoms with van der Waals surface area (Å²) in [6.07, 6.45) is 5.29. The van der Waals surface area contributed by atoms with Gasteiger partial charge in [0.15, 0.2) is 0 Å². The molecule has 1 aromatic carbocycles. The largest absolute Gasteiger partial charge is 0.397 e. The van der Waals surface area contributed by atoms with E-state index in [9.17, 15) is 8.42 Å². The van der Waals surface area contributed by atoms with Crippen LogP contribution in [0, 0.1) is 26.2 Å². The first-order chi connectivity index (χ1) is 8.10. The summed E-state index contributed by atoms with van der Waals surface area (Å²) in [5.74, 6) is 2.39. The van der Waals surface area contributed by atoms with Crippen LogP contribution in [0.1, 0.15) is 25.0 Å². The van der Waals surface area contributed by atoms with Crippen LogP contribution in [-0.4, -0.2) is 14.0 Å². The minimum atomic E-state index is -3.73. The lowest BCUT2D eigenvalue weighted by atomic mass is 10.1. The van der Waals surface area contributed by atoms with E-state index in [2.05, 4.69) is 10.6 Å². The van der Waals surface area contributed by atoms with E-state index in [1.54, 1.807) is 39.8 Å². The Labute approximate surface area is 109 Å². The van der Waals surface area contributed by atoms with Gasteiger partial charge in [-0.05, 0) is 38.8 Å². The van der Waals surface area contributed by atoms with Crippen LogP contribution in [0.5, 0.6) is 0 Å². The molecule has 18 heavy (non-hydrogen) atoms. The van der Waals surface area contributed by atoms with Crippen LogP contribution < -0.4 is 10.5 Å². The molecule has 98 valence electrons. The molecule has 4 nitrogen and oxygen atoms in total. The minimum absolute atomic E-state index is 0.103. The Balaban J connectivity index is 3.40. The highest BCUT2D eigenvalue weighted by Crippen LogP contribution is 2.26. The lowest BCUT2D eigenvalue weighted by Gasteiger charge is -2.21. The quantitative estimate of drug-likeness (QED) is 0.644. The molecule has 0 aliphatic heterocycles. The second-order valence-electron chi connectivity index (χ2n) is 4.82. The van der Waals surface area contributed by atoms with Crippen molar-refractivity contribution in [2.75, 3.05) is 5.73 Å². The van der Waals surface area contributed by atoms with Gasteiger partial charge in [-0.2, -0.15) is 4.72 Å². The van der Waals surface area contributed by atoms with E-state index >= 15 is 0 Å². The Morgan fingerprint density at radius 3 is 2.28 bits per heavy atom. The lowest BCUT2D eigenvalue weighted by molar-refractivity contribution is 0.539. The number of nitrogens with one attached hydrogen (secondary N) is 1. The van der Waals surface area contributed by atoms with E-state index in [0.717, 1.165) is 5.56 Å². The summed E-state index contributed by atoms with van der Waals surface area (Å²) < 4.78 is 27.1. The second kappa shape index (κ2) is 4.63. The molecule has 0 spiro atoms. The molecule has 0 unspecified atom stereocenters. The number of benzene rings is 1. The first kappa shape index (κ1) is 14.6. The highest BCUT2D eigenvalue weighted by Gasteiger charge is 2.27. The Bertz CT molecular complexity index is 611. The molecular weight excluding hydrogens is 248 g/mol. The van der Waals surface area contributed by atoms with Crippen molar-refractivity contribution in [3.05, 3.63) is 23.3 Å². The van der Waals surface area contributed by atoms with E-state index < -0.39 is 15.6 Å². The number of terminal acetylenes is 1. The predicted octanol–water partition coefficient (Wildman–Crippen LogP) is 1.58. The van der Waals surface area contributed by atoms with Gasteiger partial charge in [0, 0.05) is 0 Å². The number of aryl methyl sites for hydroxylation is 2. The minimum Gasteiger partial charge on any atom is -0.397 e. The average molecular weight is 266 g/mol. The molecule has 0 aliphatic carbocycles. The summed E-state index contributed by atoms with van der Waals surface area (Å²) in [6, 6.07) is 3.51. The van der Waals surface area contributed by atoms with Crippen molar-refractivity contribution in [2.24, 2.45) is 0 Å². The molecule has 0 aliphatic rings. The molecule has 0 saturated carbocycles. The highest BCUT2D eigenvalue weighted by molar-refractivity contribution is 7.89. The van der Waals surface area contributed by atoms with Gasteiger partial charge in [-0.1, -0.05) is 18.1 Å². The van der Waals surface area contributed by atoms with Gasteiger partial charge in [0.2, 0.25) is 10.0 Å². The fourth-order valence-electron chi connectivity index (χ4n) is 1.58. The third kappa shape index (κ3) is 2.84. The summed E-state index contributed by atoms with van der Waals surface area (Å²) in [5.41, 5.74) is 6.48. The maximum atomic E-state index is 12.3. The summed E-state index contributed by atoms with van der Waals surface area (Å²) in [6.45, 7) is 6.70. The lowest BCUT2D eigenvalue weighted by Crippen LogP contribution is -2.42. The first-order valence-corrected chi connectivity index (χ1v) is 6.96. The number of rotatable bonds is 3. The smallest absolute Gasteiger partial charge is 0.244 e. The van der Waals surface area contributed by atoms with Crippen molar-refractivity contribution < 1.29 is 8.42 Å². The standard InChI is InChI=1S/C13H18N2O2S/c1-6-13(4,5)15-18(16,17)12-10(3)8-7-9(2)11(12)14/h1,7-8,15H,14H2,2-5H3. The SMILES string of the molecule is C#CC(C)(C)NS(=O)(=O)c1c(C)ccc(C)c1N. The zero-order valence-electron chi connectivity index (χ0n) is 11.0. The molecule has 0 bridgehead atoms. The number of nitrogens with two attached hydrogens (primary N) is 1. The Hall–Kier alpha value is -1.51. The Morgan fingerprint density at radius 2 is 1.78 bits per heavy atom. The van der Waals surface area contributed by atoms with E-state index in [1.165, 1.54) is 0 Å². The van der Waals surface area contributed by atoms with Crippen molar-refractivity contribution in [2.45, 2.75) is 38.1 Å². The van der Waals surface area contributed by atoms with E-state index in [0.29, 0.717) is 5.56 Å². The van der Waals surface area contributed by atoms with Crippen molar-refractivity contribution >= 4 is 15.7 Å². The molecule has 1 rings (SSSR count). The maximum absolute atomic E-state index is 12.3. The van der Waals surface area contributed by atoms with Crippen molar-refractivity contribution in [1.29, 1.82) is 0 Å². The number of anilines is 1. The highest BCUT2D eigenvalue weighted by atomic mass is 32.2. The molecule has 0 radical (unpaired) electrons.